The Labute approximate surface area is 187 Å². The van der Waals surface area contributed by atoms with E-state index in [1.807, 2.05) is 16.3 Å². The summed E-state index contributed by atoms with van der Waals surface area (Å²) >= 11 is 13.5. The van der Waals surface area contributed by atoms with Crippen molar-refractivity contribution >= 4 is 49.5 Å². The van der Waals surface area contributed by atoms with Crippen LogP contribution >= 0.6 is 34.5 Å². The Bertz CT molecular complexity index is 1170. The Hall–Kier alpha value is -1.74. The molecule has 0 aliphatic carbocycles. The summed E-state index contributed by atoms with van der Waals surface area (Å²) in [5, 5.41) is 2.71. The molecule has 1 aliphatic rings. The number of aromatic nitrogens is 1. The van der Waals surface area contributed by atoms with Crippen LogP contribution in [0.25, 0.3) is 11.3 Å². The van der Waals surface area contributed by atoms with Gasteiger partial charge in [-0.15, -0.1) is 11.3 Å². The fourth-order valence-corrected chi connectivity index (χ4v) is 6.51. The fourth-order valence-electron chi connectivity index (χ4n) is 3.48. The van der Waals surface area contributed by atoms with Gasteiger partial charge in [-0.1, -0.05) is 35.3 Å². The number of nitrogens with zero attached hydrogens (tertiary/aromatic N) is 2. The maximum atomic E-state index is 14.0. The van der Waals surface area contributed by atoms with Crippen molar-refractivity contribution in [2.24, 2.45) is 0 Å². The SMILES string of the molecule is O=S(=O)(c1c(F)cccc1F)C1CCN(c2nc(-c3ccc(Cl)c(Cl)c3)cs2)CC1. The van der Waals surface area contributed by atoms with Gasteiger partial charge in [-0.2, -0.15) is 0 Å². The molecule has 2 aromatic carbocycles. The van der Waals surface area contributed by atoms with Crippen molar-refractivity contribution in [2.75, 3.05) is 18.0 Å². The number of halogens is 4. The zero-order valence-corrected chi connectivity index (χ0v) is 18.6. The van der Waals surface area contributed by atoms with E-state index >= 15 is 0 Å². The second kappa shape index (κ2) is 8.42. The lowest BCUT2D eigenvalue weighted by molar-refractivity contribution is 0.497. The molecule has 1 fully saturated rings. The number of anilines is 1. The summed E-state index contributed by atoms with van der Waals surface area (Å²) in [4.78, 5) is 5.77. The first-order valence-corrected chi connectivity index (χ1v) is 12.3. The molecule has 0 unspecified atom stereocenters. The van der Waals surface area contributed by atoms with E-state index in [9.17, 15) is 17.2 Å². The van der Waals surface area contributed by atoms with Crippen LogP contribution in [0.3, 0.4) is 0 Å². The van der Waals surface area contributed by atoms with E-state index in [0.29, 0.717) is 23.1 Å². The quantitative estimate of drug-likeness (QED) is 0.462. The number of hydrogen-bond donors (Lipinski definition) is 0. The van der Waals surface area contributed by atoms with Gasteiger partial charge in [0, 0.05) is 24.0 Å². The molecule has 2 heterocycles. The van der Waals surface area contributed by atoms with Gasteiger partial charge < -0.3 is 4.90 Å². The van der Waals surface area contributed by atoms with Gasteiger partial charge in [-0.05, 0) is 37.1 Å². The third-order valence-electron chi connectivity index (χ3n) is 5.06. The highest BCUT2D eigenvalue weighted by atomic mass is 35.5. The molecule has 0 N–H and O–H groups in total. The van der Waals surface area contributed by atoms with E-state index in [2.05, 4.69) is 4.98 Å². The summed E-state index contributed by atoms with van der Waals surface area (Å²) in [6, 6.07) is 8.35. The second-order valence-corrected chi connectivity index (χ2v) is 10.7. The molecule has 4 nitrogen and oxygen atoms in total. The zero-order valence-electron chi connectivity index (χ0n) is 15.5. The third-order valence-corrected chi connectivity index (χ3v) is 9.01. The van der Waals surface area contributed by atoms with Gasteiger partial charge in [0.1, 0.15) is 16.5 Å². The molecule has 0 radical (unpaired) electrons. The molecule has 3 aromatic rings. The van der Waals surface area contributed by atoms with Crippen molar-refractivity contribution in [3.8, 4) is 11.3 Å². The molecule has 1 aromatic heterocycles. The minimum absolute atomic E-state index is 0.262. The molecular formula is C20H16Cl2F2N2O2S2. The molecule has 30 heavy (non-hydrogen) atoms. The van der Waals surface area contributed by atoms with Gasteiger partial charge in [0.05, 0.1) is 21.0 Å². The summed E-state index contributed by atoms with van der Waals surface area (Å²) in [5.41, 5.74) is 1.58. The van der Waals surface area contributed by atoms with Crippen LogP contribution in [0.2, 0.25) is 10.0 Å². The number of thiazole rings is 1. The second-order valence-electron chi connectivity index (χ2n) is 6.93. The van der Waals surface area contributed by atoms with E-state index in [4.69, 9.17) is 23.2 Å². The van der Waals surface area contributed by atoms with Crippen LogP contribution in [0, 0.1) is 11.6 Å². The number of benzene rings is 2. The monoisotopic (exact) mass is 488 g/mol. The van der Waals surface area contributed by atoms with E-state index in [1.165, 1.54) is 11.3 Å². The molecule has 0 amide bonds. The van der Waals surface area contributed by atoms with Gasteiger partial charge in [0.2, 0.25) is 0 Å². The Kier molecular flexibility index (Phi) is 6.03. The molecule has 0 saturated carbocycles. The van der Waals surface area contributed by atoms with Crippen molar-refractivity contribution < 1.29 is 17.2 Å². The fraction of sp³-hybridized carbons (Fsp3) is 0.250. The highest BCUT2D eigenvalue weighted by Gasteiger charge is 2.35. The number of rotatable bonds is 4. The maximum absolute atomic E-state index is 14.0. The van der Waals surface area contributed by atoms with Gasteiger partial charge in [0.25, 0.3) is 0 Å². The Morgan fingerprint density at radius 3 is 2.33 bits per heavy atom. The van der Waals surface area contributed by atoms with Crippen molar-refractivity contribution in [3.05, 3.63) is 63.5 Å². The molecule has 0 bridgehead atoms. The summed E-state index contributed by atoms with van der Waals surface area (Å²) < 4.78 is 53.6. The molecular weight excluding hydrogens is 473 g/mol. The normalized spacial score (nSPS) is 15.5. The van der Waals surface area contributed by atoms with Crippen LogP contribution in [0.5, 0.6) is 0 Å². The molecule has 1 saturated heterocycles. The first-order valence-electron chi connectivity index (χ1n) is 9.11. The Morgan fingerprint density at radius 1 is 1.03 bits per heavy atom. The van der Waals surface area contributed by atoms with Crippen LogP contribution in [-0.2, 0) is 9.84 Å². The topological polar surface area (TPSA) is 50.3 Å². The molecule has 4 rings (SSSR count). The van der Waals surface area contributed by atoms with Crippen molar-refractivity contribution in [2.45, 2.75) is 23.0 Å². The highest BCUT2D eigenvalue weighted by molar-refractivity contribution is 7.92. The third kappa shape index (κ3) is 4.06. The Morgan fingerprint density at radius 2 is 1.70 bits per heavy atom. The van der Waals surface area contributed by atoms with Crippen LogP contribution in [0.1, 0.15) is 12.8 Å². The lowest BCUT2D eigenvalue weighted by Crippen LogP contribution is -2.39. The lowest BCUT2D eigenvalue weighted by atomic mass is 10.1. The standard InChI is InChI=1S/C20H16Cl2F2N2O2S2/c21-14-5-4-12(10-15(14)22)18-11-29-20(25-18)26-8-6-13(7-9-26)30(27,28)19-16(23)2-1-3-17(19)24/h1-5,10-11,13H,6-9H2. The summed E-state index contributed by atoms with van der Waals surface area (Å²) in [5.74, 6) is -2.10. The zero-order chi connectivity index (χ0) is 21.5. The van der Waals surface area contributed by atoms with E-state index in [1.54, 1.807) is 12.1 Å². The van der Waals surface area contributed by atoms with Crippen molar-refractivity contribution in [1.82, 2.24) is 4.98 Å². The summed E-state index contributed by atoms with van der Waals surface area (Å²) in [6.07, 6.45) is 0.523. The average Bonchev–Trinajstić information content (AvgIpc) is 3.20. The minimum Gasteiger partial charge on any atom is -0.348 e. The van der Waals surface area contributed by atoms with Gasteiger partial charge in [-0.3, -0.25) is 0 Å². The van der Waals surface area contributed by atoms with Crippen LogP contribution < -0.4 is 4.90 Å². The van der Waals surface area contributed by atoms with Gasteiger partial charge in [-0.25, -0.2) is 22.2 Å². The van der Waals surface area contributed by atoms with Crippen molar-refractivity contribution in [1.29, 1.82) is 0 Å². The molecule has 10 heteroatoms. The van der Waals surface area contributed by atoms with Gasteiger partial charge >= 0.3 is 0 Å². The van der Waals surface area contributed by atoms with Crippen LogP contribution in [-0.4, -0.2) is 31.7 Å². The molecule has 158 valence electrons. The number of sulfone groups is 1. The van der Waals surface area contributed by atoms with E-state index in [-0.39, 0.29) is 12.8 Å². The highest BCUT2D eigenvalue weighted by Crippen LogP contribution is 2.34. The predicted molar refractivity (Wildman–Crippen MR) is 116 cm³/mol. The maximum Gasteiger partial charge on any atom is 0.187 e. The summed E-state index contributed by atoms with van der Waals surface area (Å²) in [7, 11) is -4.10. The van der Waals surface area contributed by atoms with Gasteiger partial charge in [0.15, 0.2) is 15.0 Å². The molecule has 1 aliphatic heterocycles. The first kappa shape index (κ1) is 21.5. The first-order chi connectivity index (χ1) is 14.3. The molecule has 0 spiro atoms. The van der Waals surface area contributed by atoms with Crippen LogP contribution in [0.4, 0.5) is 13.9 Å². The van der Waals surface area contributed by atoms with E-state index in [0.717, 1.165) is 34.6 Å². The van der Waals surface area contributed by atoms with Crippen LogP contribution in [0.15, 0.2) is 46.7 Å². The van der Waals surface area contributed by atoms with Crippen molar-refractivity contribution in [3.63, 3.8) is 0 Å². The summed E-state index contributed by atoms with van der Waals surface area (Å²) in [6.45, 7) is 0.850. The minimum atomic E-state index is -4.10. The smallest absolute Gasteiger partial charge is 0.187 e. The Balaban J connectivity index is 1.49. The largest absolute Gasteiger partial charge is 0.348 e. The number of hydrogen-bond acceptors (Lipinski definition) is 5. The average molecular weight is 489 g/mol. The lowest BCUT2D eigenvalue weighted by Gasteiger charge is -2.31. The molecule has 0 atom stereocenters. The number of piperidine rings is 1. The predicted octanol–water partition coefficient (Wildman–Crippen LogP) is 5.84. The van der Waals surface area contributed by atoms with E-state index < -0.39 is 31.6 Å².